The van der Waals surface area contributed by atoms with Gasteiger partial charge in [-0.15, -0.1) is 11.3 Å². The molecule has 1 heterocycles. The Labute approximate surface area is 138 Å². The molecule has 0 fully saturated rings. The summed E-state index contributed by atoms with van der Waals surface area (Å²) in [4.78, 5) is 17.2. The van der Waals surface area contributed by atoms with Gasteiger partial charge >= 0.3 is 0 Å². The van der Waals surface area contributed by atoms with Crippen LogP contribution in [0.1, 0.15) is 22.2 Å². The van der Waals surface area contributed by atoms with Crippen molar-refractivity contribution in [1.82, 2.24) is 4.90 Å². The van der Waals surface area contributed by atoms with E-state index in [4.69, 9.17) is 0 Å². The van der Waals surface area contributed by atoms with Gasteiger partial charge in [0.05, 0.1) is 8.66 Å². The van der Waals surface area contributed by atoms with Crippen molar-refractivity contribution < 1.29 is 4.79 Å². The zero-order valence-electron chi connectivity index (χ0n) is 12.5. The molecular weight excluding hydrogens is 348 g/mol. The minimum atomic E-state index is 0.0879. The van der Waals surface area contributed by atoms with Gasteiger partial charge in [0, 0.05) is 32.9 Å². The zero-order valence-corrected chi connectivity index (χ0v) is 14.9. The normalized spacial score (nSPS) is 10.5. The third kappa shape index (κ3) is 4.08. The van der Waals surface area contributed by atoms with Gasteiger partial charge in [-0.05, 0) is 52.7 Å². The van der Waals surface area contributed by atoms with Gasteiger partial charge in [-0.25, -0.2) is 0 Å². The second-order valence-corrected chi connectivity index (χ2v) is 7.45. The molecule has 0 bridgehead atoms. The summed E-state index contributed by atoms with van der Waals surface area (Å²) in [6.07, 6.45) is 0. The van der Waals surface area contributed by atoms with Crippen LogP contribution < -0.4 is 4.90 Å². The number of nitrogens with zero attached hydrogens (tertiary/aromatic N) is 2. The van der Waals surface area contributed by atoms with Crippen LogP contribution in [0.15, 0.2) is 40.2 Å². The van der Waals surface area contributed by atoms with Crippen molar-refractivity contribution in [1.29, 1.82) is 0 Å². The minimum absolute atomic E-state index is 0.0879. The van der Waals surface area contributed by atoms with Crippen LogP contribution in [0.4, 0.5) is 5.69 Å². The molecule has 0 saturated heterocycles. The second-order valence-electron chi connectivity index (χ2n) is 4.98. The predicted octanol–water partition coefficient (Wildman–Crippen LogP) is 4.24. The fourth-order valence-electron chi connectivity index (χ4n) is 2.03. The molecule has 0 aliphatic rings. The topological polar surface area (TPSA) is 23.6 Å². The average molecular weight is 367 g/mol. The fourth-order valence-corrected chi connectivity index (χ4v) is 3.39. The summed E-state index contributed by atoms with van der Waals surface area (Å²) in [5, 5.41) is 0. The number of benzene rings is 1. The molecular formula is C16H19BrN2OS. The molecule has 3 nitrogen and oxygen atoms in total. The van der Waals surface area contributed by atoms with Gasteiger partial charge in [0.1, 0.15) is 0 Å². The maximum atomic E-state index is 12.5. The Morgan fingerprint density at radius 2 is 1.81 bits per heavy atom. The molecule has 0 radical (unpaired) electrons. The first kappa shape index (κ1) is 16.0. The molecule has 2 aromatic rings. The molecule has 0 unspecified atom stereocenters. The summed E-state index contributed by atoms with van der Waals surface area (Å²) in [7, 11) is 4.04. The van der Waals surface area contributed by atoms with Crippen LogP contribution in [0.25, 0.3) is 0 Å². The van der Waals surface area contributed by atoms with Gasteiger partial charge in [0.25, 0.3) is 5.91 Å². The van der Waals surface area contributed by atoms with E-state index < -0.39 is 0 Å². The van der Waals surface area contributed by atoms with E-state index in [0.717, 1.165) is 19.9 Å². The summed E-state index contributed by atoms with van der Waals surface area (Å²) in [6, 6.07) is 12.1. The molecule has 5 heteroatoms. The number of hydrogen-bond donors (Lipinski definition) is 0. The van der Waals surface area contributed by atoms with Crippen molar-refractivity contribution in [2.24, 2.45) is 0 Å². The minimum Gasteiger partial charge on any atom is -0.378 e. The van der Waals surface area contributed by atoms with Gasteiger partial charge in [-0.3, -0.25) is 4.79 Å². The van der Waals surface area contributed by atoms with E-state index in [9.17, 15) is 4.79 Å². The fraction of sp³-hybridized carbons (Fsp3) is 0.312. The lowest BCUT2D eigenvalue weighted by atomic mass is 10.2. The van der Waals surface area contributed by atoms with E-state index in [2.05, 4.69) is 45.1 Å². The number of anilines is 1. The SMILES string of the molecule is CCN(Cc1ccc(N(C)C)cc1)C(=O)c1ccc(Br)s1. The molecule has 0 aliphatic carbocycles. The number of halogens is 1. The highest BCUT2D eigenvalue weighted by Crippen LogP contribution is 2.24. The second kappa shape index (κ2) is 7.09. The standard InChI is InChI=1S/C16H19BrN2OS/c1-4-19(16(20)14-9-10-15(17)21-14)11-12-5-7-13(8-6-12)18(2)3/h5-10H,4,11H2,1-3H3. The van der Waals surface area contributed by atoms with Gasteiger partial charge in [-0.1, -0.05) is 12.1 Å². The highest BCUT2D eigenvalue weighted by Gasteiger charge is 2.16. The third-order valence-electron chi connectivity index (χ3n) is 3.28. The predicted molar refractivity (Wildman–Crippen MR) is 93.2 cm³/mol. The molecule has 0 aliphatic heterocycles. The molecule has 21 heavy (non-hydrogen) atoms. The maximum Gasteiger partial charge on any atom is 0.264 e. The monoisotopic (exact) mass is 366 g/mol. The molecule has 2 rings (SSSR count). The van der Waals surface area contributed by atoms with Crippen LogP contribution in [0.5, 0.6) is 0 Å². The summed E-state index contributed by atoms with van der Waals surface area (Å²) >= 11 is 4.88. The maximum absolute atomic E-state index is 12.5. The Balaban J connectivity index is 2.10. The number of carbonyl (C=O) groups is 1. The highest BCUT2D eigenvalue weighted by molar-refractivity contribution is 9.11. The van der Waals surface area contributed by atoms with Gasteiger partial charge in [0.2, 0.25) is 0 Å². The Morgan fingerprint density at radius 1 is 1.14 bits per heavy atom. The molecule has 112 valence electrons. The van der Waals surface area contributed by atoms with E-state index >= 15 is 0 Å². The quantitative estimate of drug-likeness (QED) is 0.789. The van der Waals surface area contributed by atoms with Crippen LogP contribution in [0, 0.1) is 0 Å². The first-order valence-corrected chi connectivity index (χ1v) is 8.43. The van der Waals surface area contributed by atoms with Gasteiger partial charge < -0.3 is 9.80 Å². The van der Waals surface area contributed by atoms with Crippen molar-refractivity contribution >= 4 is 38.9 Å². The molecule has 0 saturated carbocycles. The Bertz CT molecular complexity index is 607. The number of rotatable bonds is 5. The van der Waals surface area contributed by atoms with Crippen molar-refractivity contribution in [2.75, 3.05) is 25.5 Å². The van der Waals surface area contributed by atoms with Crippen molar-refractivity contribution in [3.63, 3.8) is 0 Å². The Hall–Kier alpha value is -1.33. The summed E-state index contributed by atoms with van der Waals surface area (Å²) < 4.78 is 0.984. The summed E-state index contributed by atoms with van der Waals surface area (Å²) in [6.45, 7) is 3.34. The molecule has 1 amide bonds. The number of carbonyl (C=O) groups excluding carboxylic acids is 1. The summed E-state index contributed by atoms with van der Waals surface area (Å²) in [5.41, 5.74) is 2.31. The first-order chi connectivity index (χ1) is 10.0. The van der Waals surface area contributed by atoms with E-state index in [1.54, 1.807) is 0 Å². The van der Waals surface area contributed by atoms with Gasteiger partial charge in [-0.2, -0.15) is 0 Å². The zero-order chi connectivity index (χ0) is 15.4. The van der Waals surface area contributed by atoms with Crippen LogP contribution in [0.3, 0.4) is 0 Å². The van der Waals surface area contributed by atoms with Crippen LogP contribution in [0.2, 0.25) is 0 Å². The number of hydrogen-bond acceptors (Lipinski definition) is 3. The van der Waals surface area contributed by atoms with E-state index in [1.165, 1.54) is 11.3 Å². The summed E-state index contributed by atoms with van der Waals surface area (Å²) in [5.74, 6) is 0.0879. The molecule has 0 spiro atoms. The van der Waals surface area contributed by atoms with Gasteiger partial charge in [0.15, 0.2) is 0 Å². The first-order valence-electron chi connectivity index (χ1n) is 6.82. The smallest absolute Gasteiger partial charge is 0.264 e. The van der Waals surface area contributed by atoms with E-state index in [-0.39, 0.29) is 5.91 Å². The molecule has 0 atom stereocenters. The van der Waals surface area contributed by atoms with Crippen molar-refractivity contribution in [2.45, 2.75) is 13.5 Å². The number of amides is 1. The average Bonchev–Trinajstić information content (AvgIpc) is 2.91. The molecule has 1 aromatic carbocycles. The lowest BCUT2D eigenvalue weighted by Crippen LogP contribution is -2.29. The highest BCUT2D eigenvalue weighted by atomic mass is 79.9. The molecule has 0 N–H and O–H groups in total. The lowest BCUT2D eigenvalue weighted by molar-refractivity contribution is 0.0757. The van der Waals surface area contributed by atoms with Crippen LogP contribution in [-0.4, -0.2) is 31.4 Å². The van der Waals surface area contributed by atoms with Crippen LogP contribution >= 0.6 is 27.3 Å². The van der Waals surface area contributed by atoms with Crippen molar-refractivity contribution in [3.05, 3.63) is 50.6 Å². The number of thiophene rings is 1. The molecule has 1 aromatic heterocycles. The lowest BCUT2D eigenvalue weighted by Gasteiger charge is -2.21. The van der Waals surface area contributed by atoms with Crippen LogP contribution in [-0.2, 0) is 6.54 Å². The Kier molecular flexibility index (Phi) is 5.42. The van der Waals surface area contributed by atoms with E-state index in [0.29, 0.717) is 13.1 Å². The Morgan fingerprint density at radius 3 is 2.29 bits per heavy atom. The van der Waals surface area contributed by atoms with E-state index in [1.807, 2.05) is 38.1 Å². The third-order valence-corrected chi connectivity index (χ3v) is 4.89. The van der Waals surface area contributed by atoms with Crippen molar-refractivity contribution in [3.8, 4) is 0 Å². The largest absolute Gasteiger partial charge is 0.378 e.